The first kappa shape index (κ1) is 11.9. The van der Waals surface area contributed by atoms with Crippen molar-refractivity contribution >= 4 is 12.2 Å². The van der Waals surface area contributed by atoms with Gasteiger partial charge in [-0.05, 0) is 55.9 Å². The Morgan fingerprint density at radius 1 is 1.33 bits per heavy atom. The number of fused-ring (bicyclic) bond motifs is 1. The number of aromatic nitrogens is 1. The minimum absolute atomic E-state index is 0.378. The van der Waals surface area contributed by atoms with Crippen LogP contribution in [-0.2, 0) is 6.42 Å². The molecule has 0 aliphatic heterocycles. The molecule has 0 spiro atoms. The molecule has 1 saturated carbocycles. The summed E-state index contributed by atoms with van der Waals surface area (Å²) >= 11 is 0. The van der Waals surface area contributed by atoms with Crippen LogP contribution in [0.15, 0.2) is 6.07 Å². The third kappa shape index (κ3) is 2.35. The lowest BCUT2D eigenvalue weighted by molar-refractivity contribution is 0.556. The molecule has 1 unspecified atom stereocenters. The summed E-state index contributed by atoms with van der Waals surface area (Å²) in [5, 5.41) is 6.23. The summed E-state index contributed by atoms with van der Waals surface area (Å²) in [5.74, 6) is 0. The standard InChI is InChI=1S/C16H22N2/c1-3-12-10-16(11(2)17-13-8-9-13)18-15-7-5-4-6-14(12)15/h6-7,10-11,13,17H,3-5,8-9H2,1-2H3. The normalized spacial score (nSPS) is 19.7. The van der Waals surface area contributed by atoms with Crippen LogP contribution in [0, 0.1) is 0 Å². The molecule has 1 N–H and O–H groups in total. The van der Waals surface area contributed by atoms with Gasteiger partial charge in [0.2, 0.25) is 0 Å². The number of aryl methyl sites for hydroxylation is 1. The highest BCUT2D eigenvalue weighted by atomic mass is 15.0. The largest absolute Gasteiger partial charge is 0.306 e. The maximum Gasteiger partial charge on any atom is 0.0665 e. The van der Waals surface area contributed by atoms with Crippen LogP contribution in [0.3, 0.4) is 0 Å². The number of pyridine rings is 1. The second kappa shape index (κ2) is 4.85. The average molecular weight is 242 g/mol. The van der Waals surface area contributed by atoms with Crippen molar-refractivity contribution in [1.29, 1.82) is 0 Å². The van der Waals surface area contributed by atoms with E-state index in [0.717, 1.165) is 25.3 Å². The molecule has 0 saturated heterocycles. The quantitative estimate of drug-likeness (QED) is 0.871. The fraction of sp³-hybridized carbons (Fsp3) is 0.562. The van der Waals surface area contributed by atoms with E-state index in [0.29, 0.717) is 6.04 Å². The molecule has 1 aromatic rings. The average Bonchev–Trinajstić information content (AvgIpc) is 3.21. The highest BCUT2D eigenvalue weighted by Crippen LogP contribution is 2.23. The van der Waals surface area contributed by atoms with Crippen molar-refractivity contribution in [2.75, 3.05) is 0 Å². The molecule has 2 nitrogen and oxygen atoms in total. The molecule has 96 valence electrons. The van der Waals surface area contributed by atoms with Gasteiger partial charge in [0.25, 0.3) is 0 Å². The summed E-state index contributed by atoms with van der Waals surface area (Å²) < 4.78 is 0. The van der Waals surface area contributed by atoms with Crippen LogP contribution in [-0.4, -0.2) is 11.0 Å². The molecule has 2 aliphatic carbocycles. The predicted octanol–water partition coefficient (Wildman–Crippen LogP) is 1.81. The van der Waals surface area contributed by atoms with Gasteiger partial charge in [0.1, 0.15) is 0 Å². The van der Waals surface area contributed by atoms with Crippen LogP contribution in [0.2, 0.25) is 0 Å². The van der Waals surface area contributed by atoms with Crippen molar-refractivity contribution in [2.45, 2.75) is 58.0 Å². The van der Waals surface area contributed by atoms with Crippen molar-refractivity contribution in [1.82, 2.24) is 10.3 Å². The maximum atomic E-state index is 4.85. The lowest BCUT2D eigenvalue weighted by Crippen LogP contribution is -2.36. The van der Waals surface area contributed by atoms with Crippen molar-refractivity contribution < 1.29 is 0 Å². The molecule has 1 aromatic heterocycles. The van der Waals surface area contributed by atoms with Crippen LogP contribution < -0.4 is 15.9 Å². The van der Waals surface area contributed by atoms with Crippen LogP contribution in [0.1, 0.15) is 56.8 Å². The number of hydrogen-bond acceptors (Lipinski definition) is 2. The Morgan fingerprint density at radius 2 is 2.11 bits per heavy atom. The fourth-order valence-electron chi connectivity index (χ4n) is 2.69. The lowest BCUT2D eigenvalue weighted by atomic mass is 10.0. The van der Waals surface area contributed by atoms with Gasteiger partial charge in [-0.15, -0.1) is 0 Å². The van der Waals surface area contributed by atoms with E-state index in [2.05, 4.69) is 37.4 Å². The monoisotopic (exact) mass is 242 g/mol. The smallest absolute Gasteiger partial charge is 0.0665 e. The van der Waals surface area contributed by atoms with Gasteiger partial charge in [0, 0.05) is 12.1 Å². The Kier molecular flexibility index (Phi) is 3.21. The summed E-state index contributed by atoms with van der Waals surface area (Å²) in [6, 6.07) is 3.41. The van der Waals surface area contributed by atoms with Gasteiger partial charge in [-0.25, -0.2) is 0 Å². The Bertz CT molecular complexity index is 555. The summed E-state index contributed by atoms with van der Waals surface area (Å²) in [6.07, 6.45) is 10.7. The predicted molar refractivity (Wildman–Crippen MR) is 75.6 cm³/mol. The summed E-state index contributed by atoms with van der Waals surface area (Å²) in [4.78, 5) is 4.85. The van der Waals surface area contributed by atoms with E-state index in [-0.39, 0.29) is 0 Å². The second-order valence-corrected chi connectivity index (χ2v) is 5.51. The first-order valence-corrected chi connectivity index (χ1v) is 7.24. The SMILES string of the molecule is CCc1cc(C(C)NC2CC2)nc2c1=CCCC=2. The molecule has 1 fully saturated rings. The molecular weight excluding hydrogens is 220 g/mol. The van der Waals surface area contributed by atoms with E-state index in [1.165, 1.54) is 34.7 Å². The molecule has 3 rings (SSSR count). The maximum absolute atomic E-state index is 4.85. The zero-order valence-electron chi connectivity index (χ0n) is 11.4. The second-order valence-electron chi connectivity index (χ2n) is 5.51. The van der Waals surface area contributed by atoms with Gasteiger partial charge in [0.05, 0.1) is 11.0 Å². The van der Waals surface area contributed by atoms with Crippen LogP contribution in [0.4, 0.5) is 0 Å². The lowest BCUT2D eigenvalue weighted by Gasteiger charge is -2.15. The Labute approximate surface area is 109 Å². The van der Waals surface area contributed by atoms with Gasteiger partial charge in [0.15, 0.2) is 0 Å². The van der Waals surface area contributed by atoms with Gasteiger partial charge in [-0.1, -0.05) is 19.1 Å². The number of nitrogens with zero attached hydrogens (tertiary/aromatic N) is 1. The third-order valence-corrected chi connectivity index (χ3v) is 3.93. The summed E-state index contributed by atoms with van der Waals surface area (Å²) in [7, 11) is 0. The third-order valence-electron chi connectivity index (χ3n) is 3.93. The Balaban J connectivity index is 2.00. The van der Waals surface area contributed by atoms with Crippen LogP contribution >= 0.6 is 0 Å². The topological polar surface area (TPSA) is 24.9 Å². The zero-order valence-corrected chi connectivity index (χ0v) is 11.4. The molecule has 1 heterocycles. The van der Waals surface area contributed by atoms with Gasteiger partial charge >= 0.3 is 0 Å². The summed E-state index contributed by atoms with van der Waals surface area (Å²) in [5.41, 5.74) is 2.67. The minimum atomic E-state index is 0.378. The van der Waals surface area contributed by atoms with Crippen molar-refractivity contribution in [3.05, 3.63) is 27.9 Å². The fourth-order valence-corrected chi connectivity index (χ4v) is 2.69. The van der Waals surface area contributed by atoms with Crippen LogP contribution in [0.25, 0.3) is 12.2 Å². The number of nitrogens with one attached hydrogen (secondary N) is 1. The first-order valence-electron chi connectivity index (χ1n) is 7.24. The molecule has 2 heteroatoms. The van der Waals surface area contributed by atoms with Gasteiger partial charge in [-0.3, -0.25) is 4.98 Å². The van der Waals surface area contributed by atoms with E-state index >= 15 is 0 Å². The highest BCUT2D eigenvalue weighted by molar-refractivity contribution is 5.40. The van der Waals surface area contributed by atoms with Crippen LogP contribution in [0.5, 0.6) is 0 Å². The molecule has 0 aromatic carbocycles. The van der Waals surface area contributed by atoms with E-state index in [9.17, 15) is 0 Å². The molecule has 2 aliphatic rings. The molecule has 0 bridgehead atoms. The number of hydrogen-bond donors (Lipinski definition) is 1. The molecule has 18 heavy (non-hydrogen) atoms. The zero-order chi connectivity index (χ0) is 12.5. The Morgan fingerprint density at radius 3 is 2.83 bits per heavy atom. The molecule has 1 atom stereocenters. The molecule has 0 amide bonds. The van der Waals surface area contributed by atoms with E-state index in [1.807, 2.05) is 0 Å². The molecule has 0 radical (unpaired) electrons. The van der Waals surface area contributed by atoms with Crippen molar-refractivity contribution in [3.8, 4) is 0 Å². The highest BCUT2D eigenvalue weighted by Gasteiger charge is 2.24. The van der Waals surface area contributed by atoms with Crippen molar-refractivity contribution in [2.24, 2.45) is 0 Å². The first-order chi connectivity index (χ1) is 8.78. The minimum Gasteiger partial charge on any atom is -0.306 e. The van der Waals surface area contributed by atoms with Crippen molar-refractivity contribution in [3.63, 3.8) is 0 Å². The Hall–Kier alpha value is -1.15. The van der Waals surface area contributed by atoms with Gasteiger partial charge in [-0.2, -0.15) is 0 Å². The van der Waals surface area contributed by atoms with E-state index in [4.69, 9.17) is 4.98 Å². The van der Waals surface area contributed by atoms with E-state index < -0.39 is 0 Å². The number of rotatable bonds is 4. The van der Waals surface area contributed by atoms with E-state index in [1.54, 1.807) is 0 Å². The summed E-state index contributed by atoms with van der Waals surface area (Å²) in [6.45, 7) is 4.47. The molecular formula is C16H22N2. The van der Waals surface area contributed by atoms with Gasteiger partial charge < -0.3 is 5.32 Å².